The van der Waals surface area contributed by atoms with Gasteiger partial charge in [-0.05, 0) is 13.3 Å². The number of ether oxygens (including phenoxy) is 1. The first kappa shape index (κ1) is 12.2. The fourth-order valence-electron chi connectivity index (χ4n) is 1.14. The molecular formula is C9H13N3O4. The minimum absolute atomic E-state index is 0.0234. The Kier molecular flexibility index (Phi) is 3.98. The van der Waals surface area contributed by atoms with Crippen LogP contribution in [0.4, 0.5) is 0 Å². The van der Waals surface area contributed by atoms with Crippen LogP contribution in [-0.2, 0) is 9.53 Å². The zero-order chi connectivity index (χ0) is 12.1. The van der Waals surface area contributed by atoms with Crippen molar-refractivity contribution in [3.05, 3.63) is 12.2 Å². The zero-order valence-corrected chi connectivity index (χ0v) is 9.08. The summed E-state index contributed by atoms with van der Waals surface area (Å²) in [6.07, 6.45) is 1.87. The van der Waals surface area contributed by atoms with Gasteiger partial charge in [-0.15, -0.1) is 5.10 Å². The van der Waals surface area contributed by atoms with Gasteiger partial charge in [-0.2, -0.15) is 0 Å². The van der Waals surface area contributed by atoms with E-state index in [-0.39, 0.29) is 18.3 Å². The molecule has 0 saturated carbocycles. The second-order valence-corrected chi connectivity index (χ2v) is 3.32. The molecule has 0 fully saturated rings. The molecule has 1 N–H and O–H groups in total. The van der Waals surface area contributed by atoms with Gasteiger partial charge in [-0.3, -0.25) is 4.79 Å². The molecule has 1 atom stereocenters. The van der Waals surface area contributed by atoms with E-state index in [1.807, 2.05) is 0 Å². The third-order valence-electron chi connectivity index (χ3n) is 2.10. The summed E-state index contributed by atoms with van der Waals surface area (Å²) < 4.78 is 5.91. The van der Waals surface area contributed by atoms with E-state index in [4.69, 9.17) is 5.11 Å². The maximum absolute atomic E-state index is 11.1. The van der Waals surface area contributed by atoms with Crippen molar-refractivity contribution in [3.63, 3.8) is 0 Å². The SMILES string of the molecule is COC(=O)c1ncn(C(C)CCC(=O)O)n1. The molecule has 1 heterocycles. The maximum Gasteiger partial charge on any atom is 0.377 e. The first-order valence-electron chi connectivity index (χ1n) is 4.76. The number of carboxylic acid groups (broad SMARTS) is 1. The van der Waals surface area contributed by atoms with Crippen LogP contribution in [0, 0.1) is 0 Å². The van der Waals surface area contributed by atoms with Gasteiger partial charge in [0.05, 0.1) is 13.2 Å². The van der Waals surface area contributed by atoms with Gasteiger partial charge in [0.15, 0.2) is 0 Å². The zero-order valence-electron chi connectivity index (χ0n) is 9.08. The van der Waals surface area contributed by atoms with Gasteiger partial charge in [0.1, 0.15) is 6.33 Å². The third kappa shape index (κ3) is 3.04. The van der Waals surface area contributed by atoms with Crippen LogP contribution < -0.4 is 0 Å². The van der Waals surface area contributed by atoms with Crippen molar-refractivity contribution in [3.8, 4) is 0 Å². The lowest BCUT2D eigenvalue weighted by Crippen LogP contribution is -2.10. The molecule has 7 nitrogen and oxygen atoms in total. The number of hydrogen-bond donors (Lipinski definition) is 1. The Balaban J connectivity index is 2.63. The highest BCUT2D eigenvalue weighted by molar-refractivity contribution is 5.84. The second-order valence-electron chi connectivity index (χ2n) is 3.32. The van der Waals surface area contributed by atoms with E-state index in [1.165, 1.54) is 18.1 Å². The summed E-state index contributed by atoms with van der Waals surface area (Å²) in [5, 5.41) is 12.4. The molecule has 0 aliphatic heterocycles. The van der Waals surface area contributed by atoms with Gasteiger partial charge in [0.2, 0.25) is 0 Å². The summed E-state index contributed by atoms with van der Waals surface area (Å²) in [6, 6.07) is -0.123. The lowest BCUT2D eigenvalue weighted by molar-refractivity contribution is -0.137. The van der Waals surface area contributed by atoms with Gasteiger partial charge >= 0.3 is 11.9 Å². The number of carboxylic acids is 1. The quantitative estimate of drug-likeness (QED) is 0.735. The number of hydrogen-bond acceptors (Lipinski definition) is 5. The largest absolute Gasteiger partial charge is 0.481 e. The Labute approximate surface area is 92.0 Å². The summed E-state index contributed by atoms with van der Waals surface area (Å²) in [5.74, 6) is -1.49. The third-order valence-corrected chi connectivity index (χ3v) is 2.10. The van der Waals surface area contributed by atoms with Crippen molar-refractivity contribution in [2.45, 2.75) is 25.8 Å². The van der Waals surface area contributed by atoms with Crippen molar-refractivity contribution < 1.29 is 19.4 Å². The van der Waals surface area contributed by atoms with E-state index in [9.17, 15) is 9.59 Å². The second kappa shape index (κ2) is 5.24. The molecule has 1 rings (SSSR count). The van der Waals surface area contributed by atoms with E-state index in [1.54, 1.807) is 6.92 Å². The van der Waals surface area contributed by atoms with Gasteiger partial charge in [0, 0.05) is 6.42 Å². The molecule has 0 spiro atoms. The number of aliphatic carboxylic acids is 1. The number of esters is 1. The van der Waals surface area contributed by atoms with Crippen molar-refractivity contribution in [2.24, 2.45) is 0 Å². The summed E-state index contributed by atoms with van der Waals surface area (Å²) in [6.45, 7) is 1.80. The van der Waals surface area contributed by atoms with E-state index >= 15 is 0 Å². The van der Waals surface area contributed by atoms with E-state index in [2.05, 4.69) is 14.8 Å². The predicted molar refractivity (Wildman–Crippen MR) is 52.9 cm³/mol. The normalized spacial score (nSPS) is 12.1. The van der Waals surface area contributed by atoms with E-state index in [0.717, 1.165) is 0 Å². The molecule has 0 aliphatic carbocycles. The maximum atomic E-state index is 11.1. The van der Waals surface area contributed by atoms with Crippen molar-refractivity contribution in [2.75, 3.05) is 7.11 Å². The first-order chi connectivity index (χ1) is 7.54. The first-order valence-corrected chi connectivity index (χ1v) is 4.76. The van der Waals surface area contributed by atoms with Gasteiger partial charge in [0.25, 0.3) is 5.82 Å². The molecule has 0 bridgehead atoms. The Hall–Kier alpha value is -1.92. The smallest absolute Gasteiger partial charge is 0.377 e. The van der Waals surface area contributed by atoms with Crippen LogP contribution in [0.15, 0.2) is 6.33 Å². The van der Waals surface area contributed by atoms with Crippen LogP contribution >= 0.6 is 0 Å². The molecular weight excluding hydrogens is 214 g/mol. The summed E-state index contributed by atoms with van der Waals surface area (Å²) >= 11 is 0. The highest BCUT2D eigenvalue weighted by atomic mass is 16.5. The number of carbonyl (C=O) groups excluding carboxylic acids is 1. The molecule has 88 valence electrons. The summed E-state index contributed by atoms with van der Waals surface area (Å²) in [4.78, 5) is 25.2. The average molecular weight is 227 g/mol. The predicted octanol–water partition coefficient (Wildman–Crippen LogP) is 0.491. The molecule has 0 saturated heterocycles. The molecule has 0 aromatic carbocycles. The Morgan fingerprint density at radius 2 is 2.31 bits per heavy atom. The van der Waals surface area contributed by atoms with Crippen LogP contribution in [0.1, 0.15) is 36.4 Å². The molecule has 0 aliphatic rings. The molecule has 1 unspecified atom stereocenters. The standard InChI is InChI=1S/C9H13N3O4/c1-6(3-4-7(13)14)12-5-10-8(11-12)9(15)16-2/h5-6H,3-4H2,1-2H3,(H,13,14). The van der Waals surface area contributed by atoms with Gasteiger partial charge < -0.3 is 9.84 Å². The average Bonchev–Trinajstić information content (AvgIpc) is 2.74. The lowest BCUT2D eigenvalue weighted by atomic mass is 10.2. The topological polar surface area (TPSA) is 94.3 Å². The van der Waals surface area contributed by atoms with Gasteiger partial charge in [-0.1, -0.05) is 0 Å². The van der Waals surface area contributed by atoms with Crippen LogP contribution in [0.3, 0.4) is 0 Å². The molecule has 0 radical (unpaired) electrons. The summed E-state index contributed by atoms with van der Waals surface area (Å²) in [7, 11) is 1.25. The highest BCUT2D eigenvalue weighted by Gasteiger charge is 2.14. The van der Waals surface area contributed by atoms with Crippen LogP contribution in [0.2, 0.25) is 0 Å². The molecule has 1 aromatic rings. The minimum Gasteiger partial charge on any atom is -0.481 e. The molecule has 1 aromatic heterocycles. The number of methoxy groups -OCH3 is 1. The lowest BCUT2D eigenvalue weighted by Gasteiger charge is -2.08. The fourth-order valence-corrected chi connectivity index (χ4v) is 1.14. The summed E-state index contributed by atoms with van der Waals surface area (Å²) in [5.41, 5.74) is 0. The molecule has 0 amide bonds. The fraction of sp³-hybridized carbons (Fsp3) is 0.556. The van der Waals surface area contributed by atoms with Crippen molar-refractivity contribution in [1.29, 1.82) is 0 Å². The van der Waals surface area contributed by atoms with Crippen molar-refractivity contribution >= 4 is 11.9 Å². The minimum atomic E-state index is -0.861. The number of aromatic nitrogens is 3. The Morgan fingerprint density at radius 3 is 2.88 bits per heavy atom. The Bertz CT molecular complexity index is 388. The van der Waals surface area contributed by atoms with Crippen LogP contribution in [0.25, 0.3) is 0 Å². The number of rotatable bonds is 5. The van der Waals surface area contributed by atoms with E-state index < -0.39 is 11.9 Å². The van der Waals surface area contributed by atoms with Gasteiger partial charge in [-0.25, -0.2) is 14.5 Å². The highest BCUT2D eigenvalue weighted by Crippen LogP contribution is 2.11. The van der Waals surface area contributed by atoms with Crippen LogP contribution in [0.5, 0.6) is 0 Å². The molecule has 16 heavy (non-hydrogen) atoms. The van der Waals surface area contributed by atoms with Crippen LogP contribution in [-0.4, -0.2) is 38.9 Å². The van der Waals surface area contributed by atoms with E-state index in [0.29, 0.717) is 6.42 Å². The monoisotopic (exact) mass is 227 g/mol. The number of carbonyl (C=O) groups is 2. The number of nitrogens with zero attached hydrogens (tertiary/aromatic N) is 3. The van der Waals surface area contributed by atoms with Crippen molar-refractivity contribution in [1.82, 2.24) is 14.8 Å². The molecule has 7 heteroatoms. The Morgan fingerprint density at radius 1 is 1.62 bits per heavy atom.